The van der Waals surface area contributed by atoms with E-state index in [1.54, 1.807) is 0 Å². The lowest BCUT2D eigenvalue weighted by Crippen LogP contribution is -2.36. The molecule has 150 valence electrons. The van der Waals surface area contributed by atoms with Gasteiger partial charge in [0.1, 0.15) is 0 Å². The first-order valence-corrected chi connectivity index (χ1v) is 11.3. The van der Waals surface area contributed by atoms with Crippen LogP contribution in [0.3, 0.4) is 0 Å². The van der Waals surface area contributed by atoms with Gasteiger partial charge >= 0.3 is 6.03 Å². The first-order valence-electron chi connectivity index (χ1n) is 10.2. The number of carbonyl (C=O) groups is 2. The number of anilines is 1. The molecule has 0 radical (unpaired) electrons. The number of nitrogens with zero attached hydrogens (tertiary/aromatic N) is 1. The zero-order valence-electron chi connectivity index (χ0n) is 16.2. The first-order chi connectivity index (χ1) is 13.6. The number of amides is 3. The van der Waals surface area contributed by atoms with E-state index in [9.17, 15) is 9.59 Å². The monoisotopic (exact) mass is 400 g/mol. The van der Waals surface area contributed by atoms with E-state index in [2.05, 4.69) is 45.8 Å². The van der Waals surface area contributed by atoms with Crippen LogP contribution in [0.2, 0.25) is 0 Å². The number of hydrogen-bond acceptors (Lipinski definition) is 3. The summed E-state index contributed by atoms with van der Waals surface area (Å²) in [5, 5.41) is 10.6. The summed E-state index contributed by atoms with van der Waals surface area (Å²) in [5.74, 6) is 1.05. The molecule has 3 amide bonds. The lowest BCUT2D eigenvalue weighted by atomic mass is 10.0. The maximum Gasteiger partial charge on any atom is 0.315 e. The lowest BCUT2D eigenvalue weighted by molar-refractivity contribution is -0.116. The van der Waals surface area contributed by atoms with Crippen LogP contribution >= 0.6 is 11.8 Å². The van der Waals surface area contributed by atoms with E-state index in [0.29, 0.717) is 11.7 Å². The molecular formula is C21H28N4O2S. The maximum absolute atomic E-state index is 12.3. The van der Waals surface area contributed by atoms with Gasteiger partial charge in [0.25, 0.3) is 0 Å². The van der Waals surface area contributed by atoms with Crippen molar-refractivity contribution in [3.63, 3.8) is 0 Å². The average molecular weight is 401 g/mol. The van der Waals surface area contributed by atoms with Gasteiger partial charge in [0.05, 0.1) is 12.1 Å². The molecule has 2 aliphatic rings. The molecule has 2 aliphatic heterocycles. The summed E-state index contributed by atoms with van der Waals surface area (Å²) in [5.41, 5.74) is 2.07. The van der Waals surface area contributed by atoms with Gasteiger partial charge in [-0.05, 0) is 43.5 Å². The molecule has 0 bridgehead atoms. The molecule has 2 fully saturated rings. The minimum Gasteiger partial charge on any atom is -0.347 e. The van der Waals surface area contributed by atoms with Crippen molar-refractivity contribution in [2.45, 2.75) is 62.9 Å². The first kappa shape index (κ1) is 19.2. The zero-order chi connectivity index (χ0) is 19.5. The third-order valence-corrected chi connectivity index (χ3v) is 7.11. The average Bonchev–Trinajstić information content (AvgIpc) is 3.34. The molecule has 3 heterocycles. The Morgan fingerprint density at radius 2 is 2.18 bits per heavy atom. The molecule has 2 saturated heterocycles. The van der Waals surface area contributed by atoms with Crippen molar-refractivity contribution >= 4 is 40.3 Å². The Morgan fingerprint density at radius 3 is 3.04 bits per heavy atom. The number of hydrogen-bond donors (Lipinski definition) is 3. The summed E-state index contributed by atoms with van der Waals surface area (Å²) < 4.78 is 2.24. The summed E-state index contributed by atoms with van der Waals surface area (Å²) in [6.07, 6.45) is 6.66. The second kappa shape index (κ2) is 8.47. The number of benzene rings is 1. The van der Waals surface area contributed by atoms with Crippen molar-refractivity contribution in [3.05, 3.63) is 30.5 Å². The molecule has 1 aromatic carbocycles. The number of carbonyl (C=O) groups excluding carboxylic acids is 2. The van der Waals surface area contributed by atoms with Crippen molar-refractivity contribution < 1.29 is 9.59 Å². The summed E-state index contributed by atoms with van der Waals surface area (Å²) >= 11 is 1.92. The predicted molar refractivity (Wildman–Crippen MR) is 115 cm³/mol. The molecule has 0 aliphatic carbocycles. The highest BCUT2D eigenvalue weighted by atomic mass is 32.2. The highest BCUT2D eigenvalue weighted by Crippen LogP contribution is 2.33. The van der Waals surface area contributed by atoms with Crippen LogP contribution in [0, 0.1) is 0 Å². The molecule has 28 heavy (non-hydrogen) atoms. The van der Waals surface area contributed by atoms with E-state index in [-0.39, 0.29) is 24.0 Å². The largest absolute Gasteiger partial charge is 0.347 e. The van der Waals surface area contributed by atoms with Gasteiger partial charge in [-0.15, -0.1) is 0 Å². The number of aryl methyl sites for hydroxylation is 1. The number of aromatic nitrogens is 1. The topological polar surface area (TPSA) is 75.2 Å². The van der Waals surface area contributed by atoms with Gasteiger partial charge in [-0.2, -0.15) is 11.8 Å². The maximum atomic E-state index is 12.3. The molecule has 3 N–H and O–H groups in total. The lowest BCUT2D eigenvalue weighted by Gasteiger charge is -2.16. The summed E-state index contributed by atoms with van der Waals surface area (Å²) in [7, 11) is 0. The fourth-order valence-corrected chi connectivity index (χ4v) is 5.75. The van der Waals surface area contributed by atoms with Crippen LogP contribution in [-0.4, -0.2) is 39.6 Å². The highest BCUT2D eigenvalue weighted by molar-refractivity contribution is 8.00. The van der Waals surface area contributed by atoms with Crippen molar-refractivity contribution in [1.29, 1.82) is 0 Å². The van der Waals surface area contributed by atoms with Crippen LogP contribution in [0.25, 0.3) is 10.9 Å². The number of fused-ring (bicyclic) bond motifs is 2. The fraction of sp³-hybridized carbons (Fsp3) is 0.524. The van der Waals surface area contributed by atoms with E-state index < -0.39 is 0 Å². The van der Waals surface area contributed by atoms with E-state index in [4.69, 9.17) is 0 Å². The van der Waals surface area contributed by atoms with Crippen LogP contribution in [0.5, 0.6) is 0 Å². The van der Waals surface area contributed by atoms with Crippen molar-refractivity contribution in [2.24, 2.45) is 0 Å². The summed E-state index contributed by atoms with van der Waals surface area (Å²) in [6.45, 7) is 3.18. The van der Waals surface area contributed by atoms with Crippen LogP contribution in [0.4, 0.5) is 10.5 Å². The standard InChI is InChI=1S/C21H28N4O2S/c1-2-10-25-11-9-14-12-15(7-8-17(14)25)22-19(26)6-4-3-5-18-20-16(13-28-18)23-21(27)24-20/h7-9,11-12,16,18,20H,2-6,10,13H2,1H3,(H,22,26)(H2,23,24,27)/t16-,18-,20-/m0/s1. The summed E-state index contributed by atoms with van der Waals surface area (Å²) in [4.78, 5) is 23.7. The molecule has 1 aromatic heterocycles. The molecule has 0 spiro atoms. The van der Waals surface area contributed by atoms with E-state index in [1.807, 2.05) is 23.9 Å². The van der Waals surface area contributed by atoms with Crippen molar-refractivity contribution in [1.82, 2.24) is 15.2 Å². The zero-order valence-corrected chi connectivity index (χ0v) is 17.1. The van der Waals surface area contributed by atoms with Gasteiger partial charge in [0, 0.05) is 46.8 Å². The van der Waals surface area contributed by atoms with Crippen LogP contribution in [0.1, 0.15) is 39.0 Å². The number of nitrogens with one attached hydrogen (secondary N) is 3. The third-order valence-electron chi connectivity index (χ3n) is 5.60. The van der Waals surface area contributed by atoms with E-state index in [0.717, 1.165) is 49.1 Å². The quantitative estimate of drug-likeness (QED) is 0.467. The van der Waals surface area contributed by atoms with E-state index in [1.165, 1.54) is 5.52 Å². The molecule has 7 heteroatoms. The molecule has 2 aromatic rings. The predicted octanol–water partition coefficient (Wildman–Crippen LogP) is 3.72. The molecule has 0 saturated carbocycles. The Labute approximate surface area is 169 Å². The smallest absolute Gasteiger partial charge is 0.315 e. The Balaban J connectivity index is 1.21. The van der Waals surface area contributed by atoms with Crippen LogP contribution in [-0.2, 0) is 11.3 Å². The second-order valence-corrected chi connectivity index (χ2v) is 8.97. The Hall–Kier alpha value is -2.15. The van der Waals surface area contributed by atoms with Gasteiger partial charge in [-0.25, -0.2) is 4.79 Å². The van der Waals surface area contributed by atoms with E-state index >= 15 is 0 Å². The summed E-state index contributed by atoms with van der Waals surface area (Å²) in [6, 6.07) is 8.69. The Kier molecular flexibility index (Phi) is 5.80. The second-order valence-electron chi connectivity index (χ2n) is 7.70. The van der Waals surface area contributed by atoms with Crippen molar-refractivity contribution in [2.75, 3.05) is 11.1 Å². The molecular weight excluding hydrogens is 372 g/mol. The van der Waals surface area contributed by atoms with Gasteiger partial charge in [-0.1, -0.05) is 13.3 Å². The van der Waals surface area contributed by atoms with Gasteiger partial charge < -0.3 is 20.5 Å². The van der Waals surface area contributed by atoms with Gasteiger partial charge in [-0.3, -0.25) is 4.79 Å². The Morgan fingerprint density at radius 1 is 1.29 bits per heavy atom. The molecule has 6 nitrogen and oxygen atoms in total. The normalized spacial score (nSPS) is 23.5. The van der Waals surface area contributed by atoms with Crippen LogP contribution in [0.15, 0.2) is 30.5 Å². The third kappa shape index (κ3) is 4.14. The highest BCUT2D eigenvalue weighted by Gasteiger charge is 2.42. The minimum atomic E-state index is -0.0401. The van der Waals surface area contributed by atoms with Crippen LogP contribution < -0.4 is 16.0 Å². The number of unbranched alkanes of at least 4 members (excludes halogenated alkanes) is 1. The molecule has 4 rings (SSSR count). The number of urea groups is 1. The van der Waals surface area contributed by atoms with Crippen molar-refractivity contribution in [3.8, 4) is 0 Å². The molecule has 0 unspecified atom stereocenters. The molecule has 3 atom stereocenters. The number of thioether (sulfide) groups is 1. The fourth-order valence-electron chi connectivity index (χ4n) is 4.21. The number of rotatable bonds is 8. The Bertz CT molecular complexity index is 865. The van der Waals surface area contributed by atoms with Gasteiger partial charge in [0.15, 0.2) is 0 Å². The minimum absolute atomic E-state index is 0.0401. The SMILES string of the molecule is CCCn1ccc2cc(NC(=O)CCCC[C@@H]3SC[C@@H]4NC(=O)N[C@@H]43)ccc21. The van der Waals surface area contributed by atoms with Gasteiger partial charge in [0.2, 0.25) is 5.91 Å².